The predicted molar refractivity (Wildman–Crippen MR) is 99.5 cm³/mol. The Hall–Kier alpha value is -2.92. The van der Waals surface area contributed by atoms with Gasteiger partial charge in [0.15, 0.2) is 17.2 Å². The van der Waals surface area contributed by atoms with Gasteiger partial charge in [-0.25, -0.2) is 9.97 Å². The summed E-state index contributed by atoms with van der Waals surface area (Å²) in [6.07, 6.45) is 0.781. The Morgan fingerprint density at radius 2 is 1.80 bits per heavy atom. The smallest absolute Gasteiger partial charge is 0.196 e. The summed E-state index contributed by atoms with van der Waals surface area (Å²) in [6, 6.07) is 17.6. The average Bonchev–Trinajstić information content (AvgIpc) is 3.05. The van der Waals surface area contributed by atoms with Crippen molar-refractivity contribution in [1.82, 2.24) is 9.97 Å². The zero-order valence-electron chi connectivity index (χ0n) is 13.9. The number of nitrogens with one attached hydrogen (secondary N) is 1. The van der Waals surface area contributed by atoms with E-state index in [9.17, 15) is 5.11 Å². The quantitative estimate of drug-likeness (QED) is 0.572. The van der Waals surface area contributed by atoms with Crippen LogP contribution in [0.3, 0.4) is 0 Å². The maximum atomic E-state index is 9.55. The van der Waals surface area contributed by atoms with Gasteiger partial charge >= 0.3 is 0 Å². The van der Waals surface area contributed by atoms with Crippen LogP contribution in [0, 0.1) is 0 Å². The van der Waals surface area contributed by atoms with Crippen LogP contribution in [-0.4, -0.2) is 27.7 Å². The predicted octanol–water partition coefficient (Wildman–Crippen LogP) is 4.23. The van der Waals surface area contributed by atoms with Crippen molar-refractivity contribution in [3.63, 3.8) is 0 Å². The molecule has 0 aliphatic rings. The number of para-hydroxylation sites is 1. The number of benzene rings is 2. The minimum absolute atomic E-state index is 0.0306. The first-order valence-corrected chi connectivity index (χ1v) is 8.42. The molecule has 0 aliphatic carbocycles. The average molecular weight is 333 g/mol. The molecule has 0 saturated carbocycles. The molecular formula is C20H19N3O2. The van der Waals surface area contributed by atoms with E-state index in [1.165, 1.54) is 0 Å². The Balaban J connectivity index is 1.97. The first-order valence-electron chi connectivity index (χ1n) is 8.42. The molecule has 0 saturated heterocycles. The van der Waals surface area contributed by atoms with E-state index in [4.69, 9.17) is 9.40 Å². The second kappa shape index (κ2) is 6.53. The summed E-state index contributed by atoms with van der Waals surface area (Å²) in [5, 5.41) is 13.8. The number of hydrogen-bond donors (Lipinski definition) is 2. The van der Waals surface area contributed by atoms with E-state index in [0.717, 1.165) is 28.5 Å². The maximum absolute atomic E-state index is 9.55. The molecule has 0 bridgehead atoms. The van der Waals surface area contributed by atoms with Crippen molar-refractivity contribution in [2.45, 2.75) is 19.4 Å². The van der Waals surface area contributed by atoms with Crippen LogP contribution >= 0.6 is 0 Å². The van der Waals surface area contributed by atoms with Gasteiger partial charge in [0.1, 0.15) is 11.1 Å². The molecular weight excluding hydrogens is 314 g/mol. The standard InChI is InChI=1S/C20H19N3O2/c1-2-14(12-24)21-20-18-17(15-10-6-7-11-16(15)25-18)22-19(23-20)13-8-4-3-5-9-13/h3-11,14,24H,2,12H2,1H3,(H,21,22,23)/t14-/m0/s1. The lowest BCUT2D eigenvalue weighted by molar-refractivity contribution is 0.271. The van der Waals surface area contributed by atoms with Gasteiger partial charge in [-0.1, -0.05) is 49.4 Å². The van der Waals surface area contributed by atoms with E-state index < -0.39 is 0 Å². The summed E-state index contributed by atoms with van der Waals surface area (Å²) in [7, 11) is 0. The first-order chi connectivity index (χ1) is 12.3. The normalized spacial score (nSPS) is 12.6. The molecule has 2 aromatic heterocycles. The molecule has 2 aromatic carbocycles. The fourth-order valence-corrected chi connectivity index (χ4v) is 2.88. The van der Waals surface area contributed by atoms with Crippen LogP contribution in [0.25, 0.3) is 33.5 Å². The van der Waals surface area contributed by atoms with Crippen LogP contribution in [0.2, 0.25) is 0 Å². The van der Waals surface area contributed by atoms with E-state index >= 15 is 0 Å². The molecule has 2 heterocycles. The molecule has 0 aliphatic heterocycles. The van der Waals surface area contributed by atoms with Crippen LogP contribution in [-0.2, 0) is 0 Å². The Morgan fingerprint density at radius 3 is 2.56 bits per heavy atom. The molecule has 0 radical (unpaired) electrons. The second-order valence-electron chi connectivity index (χ2n) is 5.97. The molecule has 5 heteroatoms. The lowest BCUT2D eigenvalue weighted by Crippen LogP contribution is -2.23. The maximum Gasteiger partial charge on any atom is 0.196 e. The minimum atomic E-state index is -0.0880. The summed E-state index contributed by atoms with van der Waals surface area (Å²) in [5.74, 6) is 1.25. The number of aliphatic hydroxyl groups is 1. The minimum Gasteiger partial charge on any atom is -0.450 e. The van der Waals surface area contributed by atoms with Crippen molar-refractivity contribution in [2.24, 2.45) is 0 Å². The van der Waals surface area contributed by atoms with E-state index in [1.54, 1.807) is 0 Å². The van der Waals surface area contributed by atoms with Gasteiger partial charge in [-0.05, 0) is 18.6 Å². The molecule has 0 amide bonds. The highest BCUT2D eigenvalue weighted by atomic mass is 16.3. The van der Waals surface area contributed by atoms with Gasteiger partial charge in [-0.3, -0.25) is 0 Å². The number of fused-ring (bicyclic) bond motifs is 3. The monoisotopic (exact) mass is 333 g/mol. The zero-order chi connectivity index (χ0) is 17.2. The highest BCUT2D eigenvalue weighted by molar-refractivity contribution is 6.06. The van der Waals surface area contributed by atoms with Crippen molar-refractivity contribution in [1.29, 1.82) is 0 Å². The fraction of sp³-hybridized carbons (Fsp3) is 0.200. The highest BCUT2D eigenvalue weighted by Gasteiger charge is 2.18. The van der Waals surface area contributed by atoms with Gasteiger partial charge < -0.3 is 14.8 Å². The molecule has 126 valence electrons. The Morgan fingerprint density at radius 1 is 1.04 bits per heavy atom. The summed E-state index contributed by atoms with van der Waals surface area (Å²) in [6.45, 7) is 2.05. The van der Waals surface area contributed by atoms with Crippen molar-refractivity contribution < 1.29 is 9.52 Å². The molecule has 4 rings (SSSR count). The zero-order valence-corrected chi connectivity index (χ0v) is 13.9. The van der Waals surface area contributed by atoms with E-state index in [0.29, 0.717) is 17.2 Å². The molecule has 0 spiro atoms. The Labute approximate surface area is 145 Å². The van der Waals surface area contributed by atoms with Crippen LogP contribution < -0.4 is 5.32 Å². The van der Waals surface area contributed by atoms with Crippen molar-refractivity contribution in [3.8, 4) is 11.4 Å². The van der Waals surface area contributed by atoms with Crippen LogP contribution in [0.15, 0.2) is 59.0 Å². The van der Waals surface area contributed by atoms with Crippen LogP contribution in [0.5, 0.6) is 0 Å². The lowest BCUT2D eigenvalue weighted by Gasteiger charge is -2.15. The molecule has 4 aromatic rings. The Bertz CT molecular complexity index is 1010. The van der Waals surface area contributed by atoms with Crippen molar-refractivity contribution in [2.75, 3.05) is 11.9 Å². The summed E-state index contributed by atoms with van der Waals surface area (Å²) in [5.41, 5.74) is 3.11. The molecule has 5 nitrogen and oxygen atoms in total. The largest absolute Gasteiger partial charge is 0.450 e. The third kappa shape index (κ3) is 2.83. The van der Waals surface area contributed by atoms with Gasteiger partial charge in [-0.2, -0.15) is 0 Å². The van der Waals surface area contributed by atoms with Crippen molar-refractivity contribution >= 4 is 27.9 Å². The van der Waals surface area contributed by atoms with Gasteiger partial charge in [0.25, 0.3) is 0 Å². The third-order valence-corrected chi connectivity index (χ3v) is 4.31. The van der Waals surface area contributed by atoms with Crippen LogP contribution in [0.4, 0.5) is 5.82 Å². The number of nitrogens with zero attached hydrogens (tertiary/aromatic N) is 2. The lowest BCUT2D eigenvalue weighted by atomic mass is 10.2. The van der Waals surface area contributed by atoms with Gasteiger partial charge in [0.05, 0.1) is 12.6 Å². The number of rotatable bonds is 5. The number of hydrogen-bond acceptors (Lipinski definition) is 5. The molecule has 0 fully saturated rings. The Kier molecular flexibility index (Phi) is 4.07. The van der Waals surface area contributed by atoms with Gasteiger partial charge in [-0.15, -0.1) is 0 Å². The summed E-state index contributed by atoms with van der Waals surface area (Å²) < 4.78 is 6.00. The third-order valence-electron chi connectivity index (χ3n) is 4.31. The van der Waals surface area contributed by atoms with E-state index in [2.05, 4.69) is 10.3 Å². The van der Waals surface area contributed by atoms with Gasteiger partial charge in [0, 0.05) is 10.9 Å². The summed E-state index contributed by atoms with van der Waals surface area (Å²) in [4.78, 5) is 9.42. The number of furan rings is 1. The number of aromatic nitrogens is 2. The molecule has 2 N–H and O–H groups in total. The van der Waals surface area contributed by atoms with Gasteiger partial charge in [0.2, 0.25) is 0 Å². The van der Waals surface area contributed by atoms with Crippen molar-refractivity contribution in [3.05, 3.63) is 54.6 Å². The SMILES string of the molecule is CC[C@@H](CO)Nc1nc(-c2ccccc2)nc2c1oc1ccccc12. The molecule has 1 atom stereocenters. The molecule has 25 heavy (non-hydrogen) atoms. The topological polar surface area (TPSA) is 71.2 Å². The molecule has 0 unspecified atom stereocenters. The fourth-order valence-electron chi connectivity index (χ4n) is 2.88. The second-order valence-corrected chi connectivity index (χ2v) is 5.97. The van der Waals surface area contributed by atoms with E-state index in [-0.39, 0.29) is 12.6 Å². The number of anilines is 1. The van der Waals surface area contributed by atoms with Crippen LogP contribution in [0.1, 0.15) is 13.3 Å². The highest BCUT2D eigenvalue weighted by Crippen LogP contribution is 2.33. The van der Waals surface area contributed by atoms with E-state index in [1.807, 2.05) is 61.5 Å². The first kappa shape index (κ1) is 15.6. The summed E-state index contributed by atoms with van der Waals surface area (Å²) >= 11 is 0. The number of aliphatic hydroxyl groups excluding tert-OH is 1.